The molecule has 1 aromatic carbocycles. The third-order valence-corrected chi connectivity index (χ3v) is 9.69. The van der Waals surface area contributed by atoms with Crippen molar-refractivity contribution in [2.75, 3.05) is 11.4 Å². The third-order valence-electron chi connectivity index (χ3n) is 8.04. The van der Waals surface area contributed by atoms with Gasteiger partial charge in [-0.1, -0.05) is 18.2 Å². The van der Waals surface area contributed by atoms with Gasteiger partial charge in [0, 0.05) is 35.5 Å². The van der Waals surface area contributed by atoms with Crippen LogP contribution in [0.5, 0.6) is 5.88 Å². The summed E-state index contributed by atoms with van der Waals surface area (Å²) in [5.74, 6) is 1.17. The minimum Gasteiger partial charge on any atom is -0.480 e. The largest absolute Gasteiger partial charge is 0.480 e. The number of benzene rings is 1. The van der Waals surface area contributed by atoms with Crippen molar-refractivity contribution < 1.29 is 26.3 Å². The van der Waals surface area contributed by atoms with Gasteiger partial charge in [0.15, 0.2) is 17.3 Å². The third kappa shape index (κ3) is 4.48. The van der Waals surface area contributed by atoms with Gasteiger partial charge < -0.3 is 9.30 Å². The fourth-order valence-corrected chi connectivity index (χ4v) is 7.25. The van der Waals surface area contributed by atoms with Gasteiger partial charge in [-0.3, -0.25) is 0 Å². The molecule has 2 aliphatic heterocycles. The van der Waals surface area contributed by atoms with E-state index in [1.807, 2.05) is 13.0 Å². The van der Waals surface area contributed by atoms with Crippen LogP contribution in [-0.2, 0) is 34.9 Å². The summed E-state index contributed by atoms with van der Waals surface area (Å²) >= 11 is 0. The summed E-state index contributed by atoms with van der Waals surface area (Å²) < 4.78 is 75.3. The lowest BCUT2D eigenvalue weighted by Crippen LogP contribution is -2.27. The van der Waals surface area contributed by atoms with Gasteiger partial charge in [-0.05, 0) is 43.7 Å². The number of aryl methyl sites for hydroxylation is 1. The Morgan fingerprint density at radius 2 is 1.88 bits per heavy atom. The van der Waals surface area contributed by atoms with E-state index in [1.165, 1.54) is 23.9 Å². The van der Waals surface area contributed by atoms with Crippen molar-refractivity contribution in [3.63, 3.8) is 0 Å². The lowest BCUT2D eigenvalue weighted by Gasteiger charge is -2.19. The van der Waals surface area contributed by atoms with Crippen LogP contribution in [0.25, 0.3) is 22.8 Å². The Balaban J connectivity index is 1.26. The maximum absolute atomic E-state index is 13.4. The normalized spacial score (nSPS) is 19.2. The number of hydrogen-bond acceptors (Lipinski definition) is 8. The first-order chi connectivity index (χ1) is 20.0. The summed E-state index contributed by atoms with van der Waals surface area (Å²) in [4.78, 5) is 21.8. The highest BCUT2D eigenvalue weighted by Crippen LogP contribution is 2.46. The fourth-order valence-electron chi connectivity index (χ4n) is 5.73. The predicted molar refractivity (Wildman–Crippen MR) is 146 cm³/mol. The molecule has 1 aliphatic carbocycles. The van der Waals surface area contributed by atoms with Crippen molar-refractivity contribution >= 4 is 15.8 Å². The summed E-state index contributed by atoms with van der Waals surface area (Å²) in [6.45, 7) is 1.87. The van der Waals surface area contributed by atoms with Gasteiger partial charge in [-0.2, -0.15) is 13.2 Å². The molecule has 4 aromatic rings. The maximum atomic E-state index is 13.4. The van der Waals surface area contributed by atoms with Crippen molar-refractivity contribution in [3.05, 3.63) is 65.0 Å². The Morgan fingerprint density at radius 3 is 2.62 bits per heavy atom. The average molecular weight is 598 g/mol. The molecule has 0 bridgehead atoms. The lowest BCUT2D eigenvalue weighted by atomic mass is 9.99. The molecule has 0 saturated heterocycles. The summed E-state index contributed by atoms with van der Waals surface area (Å²) in [5.41, 5.74) is 3.00. The second-order valence-corrected chi connectivity index (χ2v) is 12.9. The Morgan fingerprint density at radius 1 is 1.07 bits per heavy atom. The highest BCUT2D eigenvalue weighted by Gasteiger charge is 2.38. The zero-order valence-electron chi connectivity index (χ0n) is 22.8. The molecule has 1 atom stereocenters. The molecular formula is C28H26F3N7O3S. The highest BCUT2D eigenvalue weighted by atomic mass is 32.2. The van der Waals surface area contributed by atoms with E-state index in [0.29, 0.717) is 46.8 Å². The molecule has 7 rings (SSSR count). The van der Waals surface area contributed by atoms with E-state index in [2.05, 4.69) is 19.9 Å². The molecule has 218 valence electrons. The van der Waals surface area contributed by atoms with E-state index >= 15 is 0 Å². The second kappa shape index (κ2) is 9.48. The number of fused-ring (bicyclic) bond motifs is 4. The van der Waals surface area contributed by atoms with Crippen LogP contribution < -0.4 is 9.04 Å². The quantitative estimate of drug-likeness (QED) is 0.314. The first kappa shape index (κ1) is 26.8. The van der Waals surface area contributed by atoms with Crippen molar-refractivity contribution in [2.45, 2.75) is 63.0 Å². The Labute approximate surface area is 239 Å². The maximum Gasteiger partial charge on any atom is 0.434 e. The van der Waals surface area contributed by atoms with Gasteiger partial charge in [0.05, 0.1) is 25.1 Å². The molecule has 0 radical (unpaired) electrons. The van der Waals surface area contributed by atoms with Crippen LogP contribution in [0.15, 0.2) is 36.9 Å². The monoisotopic (exact) mass is 597 g/mol. The molecule has 3 aliphatic rings. The predicted octanol–water partition coefficient (Wildman–Crippen LogP) is 5.06. The molecule has 0 N–H and O–H groups in total. The van der Waals surface area contributed by atoms with E-state index in [9.17, 15) is 21.6 Å². The van der Waals surface area contributed by atoms with E-state index in [-0.39, 0.29) is 35.9 Å². The first-order valence-electron chi connectivity index (χ1n) is 13.6. The van der Waals surface area contributed by atoms with Crippen LogP contribution >= 0.6 is 0 Å². The van der Waals surface area contributed by atoms with Crippen LogP contribution in [0.3, 0.4) is 0 Å². The summed E-state index contributed by atoms with van der Waals surface area (Å²) in [7, 11) is -2.24. The van der Waals surface area contributed by atoms with Crippen LogP contribution in [0.1, 0.15) is 66.2 Å². The summed E-state index contributed by atoms with van der Waals surface area (Å²) in [5, 5.41) is 0. The highest BCUT2D eigenvalue weighted by molar-refractivity contribution is 7.92. The number of anilines is 1. The van der Waals surface area contributed by atoms with Gasteiger partial charge in [0.2, 0.25) is 15.9 Å². The summed E-state index contributed by atoms with van der Waals surface area (Å²) in [6, 6.07) is 5.13. The molecule has 5 heterocycles. The van der Waals surface area contributed by atoms with Crippen molar-refractivity contribution in [1.82, 2.24) is 29.5 Å². The molecular weight excluding hydrogens is 571 g/mol. The molecule has 42 heavy (non-hydrogen) atoms. The van der Waals surface area contributed by atoms with E-state index in [0.717, 1.165) is 30.3 Å². The number of alkyl halides is 3. The standard InChI is InChI=1S/C28H26F3N7O3S/c1-15-3-5-18-9-16(4-8-20(18)26-35-21(12-37(15)26)28(29,30)31)11-38-25-19(13-42(38,39)40)10-32-24(36-25)22-23(17-6-7-17)33-14-34-27(22)41-2/h4,8-10,12,14-15,17H,3,5-7,11,13H2,1-2H3. The van der Waals surface area contributed by atoms with Crippen LogP contribution in [0.2, 0.25) is 0 Å². The molecule has 1 unspecified atom stereocenters. The minimum absolute atomic E-state index is 0.00870. The van der Waals surface area contributed by atoms with Gasteiger partial charge >= 0.3 is 6.18 Å². The minimum atomic E-state index is -4.55. The average Bonchev–Trinajstić information content (AvgIpc) is 3.67. The first-order valence-corrected chi connectivity index (χ1v) is 15.2. The number of methoxy groups -OCH3 is 1. The number of sulfonamides is 1. The van der Waals surface area contributed by atoms with Gasteiger partial charge in [-0.15, -0.1) is 0 Å². The fraction of sp³-hybridized carbons (Fsp3) is 0.393. The van der Waals surface area contributed by atoms with Crippen molar-refractivity contribution in [3.8, 4) is 28.7 Å². The Hall–Kier alpha value is -4.07. The number of rotatable bonds is 5. The zero-order chi connectivity index (χ0) is 29.4. The molecule has 14 heteroatoms. The number of nitrogens with zero attached hydrogens (tertiary/aromatic N) is 7. The SMILES string of the molecule is COc1ncnc(C2CC2)c1-c1ncc2c(n1)N(Cc1ccc3c(c1)CCC(C)n1cc(C(F)(F)F)nc1-3)S(=O)(=O)C2. The van der Waals surface area contributed by atoms with Gasteiger partial charge in [-0.25, -0.2) is 37.6 Å². The number of hydrogen-bond donors (Lipinski definition) is 0. The Kier molecular flexibility index (Phi) is 6.05. The Bertz CT molecular complexity index is 1840. The van der Waals surface area contributed by atoms with Crippen LogP contribution in [0, 0.1) is 0 Å². The van der Waals surface area contributed by atoms with Crippen molar-refractivity contribution in [2.24, 2.45) is 0 Å². The number of aromatic nitrogens is 6. The van der Waals surface area contributed by atoms with Crippen LogP contribution in [-0.4, -0.2) is 45.0 Å². The number of imidazole rings is 1. The van der Waals surface area contributed by atoms with Crippen LogP contribution in [0.4, 0.5) is 19.0 Å². The molecule has 1 fully saturated rings. The van der Waals surface area contributed by atoms with Gasteiger partial charge in [0.25, 0.3) is 0 Å². The lowest BCUT2D eigenvalue weighted by molar-refractivity contribution is -0.140. The van der Waals surface area contributed by atoms with Crippen molar-refractivity contribution in [1.29, 1.82) is 0 Å². The van der Waals surface area contributed by atoms with Gasteiger partial charge in [0.1, 0.15) is 17.7 Å². The number of halogens is 3. The van der Waals surface area contributed by atoms with E-state index < -0.39 is 21.9 Å². The molecule has 10 nitrogen and oxygen atoms in total. The number of ether oxygens (including phenoxy) is 1. The topological polar surface area (TPSA) is 116 Å². The van der Waals surface area contributed by atoms with E-state index in [4.69, 9.17) is 9.72 Å². The molecule has 1 saturated carbocycles. The zero-order valence-corrected chi connectivity index (χ0v) is 23.6. The molecule has 3 aromatic heterocycles. The molecule has 0 amide bonds. The van der Waals surface area contributed by atoms with E-state index in [1.54, 1.807) is 16.7 Å². The summed E-state index contributed by atoms with van der Waals surface area (Å²) in [6.07, 6.45) is 2.67. The molecule has 0 spiro atoms. The smallest absolute Gasteiger partial charge is 0.434 e. The second-order valence-electron chi connectivity index (χ2n) is 11.0.